The first-order chi connectivity index (χ1) is 16.4. The van der Waals surface area contributed by atoms with Crippen LogP contribution in [0.1, 0.15) is 49.7 Å². The molecule has 2 aromatic carbocycles. The maximum atomic E-state index is 13.3. The number of aromatic nitrogens is 1. The number of hydrogen-bond donors (Lipinski definition) is 1. The fraction of sp³-hybridized carbons (Fsp3) is 0.357. The van der Waals surface area contributed by atoms with Crippen molar-refractivity contribution >= 4 is 22.8 Å². The molecule has 0 amide bonds. The molecule has 3 aromatic rings. The Morgan fingerprint density at radius 2 is 1.97 bits per heavy atom. The molecule has 1 fully saturated rings. The van der Waals surface area contributed by atoms with Crippen LogP contribution in [0.3, 0.4) is 0 Å². The van der Waals surface area contributed by atoms with E-state index in [0.29, 0.717) is 30.3 Å². The number of benzene rings is 2. The van der Waals surface area contributed by atoms with E-state index < -0.39 is 11.9 Å². The summed E-state index contributed by atoms with van der Waals surface area (Å²) in [6.07, 6.45) is 4.34. The van der Waals surface area contributed by atoms with E-state index in [4.69, 9.17) is 9.47 Å². The Kier molecular flexibility index (Phi) is 7.06. The number of hydrogen-bond acceptors (Lipinski definition) is 4. The van der Waals surface area contributed by atoms with E-state index in [1.165, 1.54) is 12.8 Å². The average Bonchev–Trinajstić information content (AvgIpc) is 3.59. The molecule has 4 rings (SSSR count). The Balaban J connectivity index is 1.94. The molecule has 1 aromatic heterocycles. The summed E-state index contributed by atoms with van der Waals surface area (Å²) >= 11 is 0. The van der Waals surface area contributed by atoms with Crippen molar-refractivity contribution < 1.29 is 24.2 Å². The number of aliphatic carboxylic acids is 1. The summed E-state index contributed by atoms with van der Waals surface area (Å²) in [5.41, 5.74) is 4.68. The summed E-state index contributed by atoms with van der Waals surface area (Å²) < 4.78 is 13.5. The van der Waals surface area contributed by atoms with Gasteiger partial charge < -0.3 is 19.1 Å². The minimum atomic E-state index is -0.897. The van der Waals surface area contributed by atoms with Gasteiger partial charge in [-0.2, -0.15) is 0 Å². The van der Waals surface area contributed by atoms with Crippen molar-refractivity contribution in [3.63, 3.8) is 0 Å². The number of carboxylic acids is 1. The molecule has 6 heteroatoms. The third-order valence-electron chi connectivity index (χ3n) is 6.16. The van der Waals surface area contributed by atoms with Crippen LogP contribution in [0.2, 0.25) is 0 Å². The number of carbonyl (C=O) groups is 2. The van der Waals surface area contributed by atoms with Crippen LogP contribution in [-0.4, -0.2) is 34.8 Å². The van der Waals surface area contributed by atoms with E-state index in [2.05, 4.69) is 0 Å². The van der Waals surface area contributed by atoms with Gasteiger partial charge in [0.1, 0.15) is 11.4 Å². The lowest BCUT2D eigenvalue weighted by Gasteiger charge is -2.13. The molecule has 6 nitrogen and oxygen atoms in total. The fourth-order valence-electron chi connectivity index (χ4n) is 4.14. The Labute approximate surface area is 199 Å². The van der Waals surface area contributed by atoms with E-state index in [-0.39, 0.29) is 13.0 Å². The summed E-state index contributed by atoms with van der Waals surface area (Å²) in [7, 11) is 0. The number of rotatable bonds is 10. The molecule has 0 bridgehead atoms. The highest BCUT2D eigenvalue weighted by Crippen LogP contribution is 2.38. The number of nitrogens with zero attached hydrogens (tertiary/aromatic N) is 1. The van der Waals surface area contributed by atoms with Gasteiger partial charge in [-0.1, -0.05) is 29.8 Å². The first kappa shape index (κ1) is 23.6. The molecule has 0 atom stereocenters. The van der Waals surface area contributed by atoms with Crippen LogP contribution < -0.4 is 4.74 Å². The summed E-state index contributed by atoms with van der Waals surface area (Å²) in [5.74, 6) is 0.0855. The highest BCUT2D eigenvalue weighted by atomic mass is 16.5. The first-order valence-corrected chi connectivity index (χ1v) is 11.8. The first-order valence-electron chi connectivity index (χ1n) is 11.8. The van der Waals surface area contributed by atoms with Crippen LogP contribution in [0.5, 0.6) is 5.75 Å². The number of carbonyl (C=O) groups excluding carboxylic acids is 1. The van der Waals surface area contributed by atoms with Gasteiger partial charge in [0.05, 0.1) is 19.6 Å². The van der Waals surface area contributed by atoms with Crippen molar-refractivity contribution in [2.24, 2.45) is 5.92 Å². The minimum absolute atomic E-state index is 0.0896. The number of carboxylic acid groups (broad SMARTS) is 1. The molecule has 0 unspecified atom stereocenters. The third-order valence-corrected chi connectivity index (χ3v) is 6.16. The highest BCUT2D eigenvalue weighted by molar-refractivity contribution is 6.09. The van der Waals surface area contributed by atoms with E-state index >= 15 is 0 Å². The highest BCUT2D eigenvalue weighted by Gasteiger charge is 2.26. The van der Waals surface area contributed by atoms with Crippen molar-refractivity contribution in [2.75, 3.05) is 13.2 Å². The minimum Gasteiger partial charge on any atom is -0.493 e. The molecule has 1 N–H and O–H groups in total. The van der Waals surface area contributed by atoms with Crippen molar-refractivity contribution in [1.29, 1.82) is 0 Å². The van der Waals surface area contributed by atoms with Gasteiger partial charge in [-0.15, -0.1) is 0 Å². The number of ether oxygens (including phenoxy) is 2. The molecule has 0 radical (unpaired) electrons. The van der Waals surface area contributed by atoms with Crippen LogP contribution in [0.15, 0.2) is 54.1 Å². The average molecular weight is 462 g/mol. The largest absolute Gasteiger partial charge is 0.493 e. The maximum absolute atomic E-state index is 13.3. The maximum Gasteiger partial charge on any atom is 0.355 e. The molecule has 0 aliphatic heterocycles. The van der Waals surface area contributed by atoms with Crippen molar-refractivity contribution in [2.45, 2.75) is 46.6 Å². The van der Waals surface area contributed by atoms with Gasteiger partial charge in [0.15, 0.2) is 0 Å². The molecule has 1 saturated carbocycles. The quantitative estimate of drug-likeness (QED) is 0.302. The van der Waals surface area contributed by atoms with Gasteiger partial charge in [-0.05, 0) is 74.9 Å². The Hall–Kier alpha value is -3.54. The molecular weight excluding hydrogens is 430 g/mol. The van der Waals surface area contributed by atoms with Gasteiger partial charge >= 0.3 is 11.9 Å². The van der Waals surface area contributed by atoms with Crippen molar-refractivity contribution in [3.8, 4) is 16.9 Å². The Morgan fingerprint density at radius 3 is 2.65 bits per heavy atom. The second-order valence-corrected chi connectivity index (χ2v) is 8.87. The molecule has 1 heterocycles. The molecule has 0 saturated heterocycles. The topological polar surface area (TPSA) is 77.8 Å². The molecule has 178 valence electrons. The van der Waals surface area contributed by atoms with Gasteiger partial charge in [0.2, 0.25) is 0 Å². The predicted octanol–water partition coefficient (Wildman–Crippen LogP) is 5.87. The van der Waals surface area contributed by atoms with E-state index in [9.17, 15) is 14.7 Å². The van der Waals surface area contributed by atoms with Crippen LogP contribution >= 0.6 is 0 Å². The van der Waals surface area contributed by atoms with Gasteiger partial charge in [-0.25, -0.2) is 4.79 Å². The second-order valence-electron chi connectivity index (χ2n) is 8.87. The Bertz CT molecular complexity index is 1250. The lowest BCUT2D eigenvalue weighted by molar-refractivity contribution is -0.136. The molecular formula is C28H31NO5. The van der Waals surface area contributed by atoms with Gasteiger partial charge in [-0.3, -0.25) is 4.79 Å². The smallest absolute Gasteiger partial charge is 0.355 e. The van der Waals surface area contributed by atoms with Crippen LogP contribution in [-0.2, 0) is 22.5 Å². The van der Waals surface area contributed by atoms with Gasteiger partial charge in [0.25, 0.3) is 0 Å². The summed E-state index contributed by atoms with van der Waals surface area (Å²) in [6, 6.07) is 13.3. The fourth-order valence-corrected chi connectivity index (χ4v) is 4.14. The lowest BCUT2D eigenvalue weighted by atomic mass is 9.99. The van der Waals surface area contributed by atoms with E-state index in [1.807, 2.05) is 67.0 Å². The third kappa shape index (κ3) is 5.16. The predicted molar refractivity (Wildman–Crippen MR) is 132 cm³/mol. The standard InChI is InChI=1S/C28H31NO5/c1-4-18(3)16-29-24-12-11-20(14-25(30)31)13-23(24)26(27(29)28(32)33-5-2)21-7-6-8-22(15-21)34-17-19-9-10-19/h4,6-8,11-13,15,19H,5,9-10,14,16-17H2,1-3H3,(H,30,31)/b18-4+. The molecule has 34 heavy (non-hydrogen) atoms. The van der Waals surface area contributed by atoms with Crippen LogP contribution in [0, 0.1) is 5.92 Å². The molecule has 0 spiro atoms. The van der Waals surface area contributed by atoms with Crippen LogP contribution in [0.4, 0.5) is 0 Å². The monoisotopic (exact) mass is 461 g/mol. The van der Waals surface area contributed by atoms with E-state index in [0.717, 1.165) is 33.4 Å². The summed E-state index contributed by atoms with van der Waals surface area (Å²) in [4.78, 5) is 24.7. The SMILES string of the molecule is C/C=C(\C)Cn1c(C(=O)OCC)c(-c2cccc(OCC3CC3)c2)c2cc(CC(=O)O)ccc21. The second kappa shape index (κ2) is 10.2. The molecule has 1 aliphatic rings. The lowest BCUT2D eigenvalue weighted by Crippen LogP contribution is -2.14. The number of esters is 1. The Morgan fingerprint density at radius 1 is 1.18 bits per heavy atom. The van der Waals surface area contributed by atoms with E-state index in [1.54, 1.807) is 6.92 Å². The van der Waals surface area contributed by atoms with Crippen molar-refractivity contribution in [1.82, 2.24) is 4.57 Å². The summed E-state index contributed by atoms with van der Waals surface area (Å²) in [5, 5.41) is 10.2. The number of allylic oxidation sites excluding steroid dienone is 2. The normalized spacial score (nSPS) is 13.8. The molecule has 1 aliphatic carbocycles. The van der Waals surface area contributed by atoms with Crippen molar-refractivity contribution in [3.05, 3.63) is 65.4 Å². The number of fused-ring (bicyclic) bond motifs is 1. The zero-order valence-corrected chi connectivity index (χ0v) is 20.0. The summed E-state index contributed by atoms with van der Waals surface area (Å²) in [6.45, 7) is 7.26. The van der Waals surface area contributed by atoms with Crippen LogP contribution in [0.25, 0.3) is 22.0 Å². The zero-order valence-electron chi connectivity index (χ0n) is 20.0. The van der Waals surface area contributed by atoms with Gasteiger partial charge in [0, 0.05) is 23.0 Å². The zero-order chi connectivity index (χ0) is 24.2.